The van der Waals surface area contributed by atoms with Crippen molar-refractivity contribution in [1.82, 2.24) is 4.72 Å². The summed E-state index contributed by atoms with van der Waals surface area (Å²) in [7, 11) is -3.86. The van der Waals surface area contributed by atoms with Gasteiger partial charge in [-0.05, 0) is 26.0 Å². The molecule has 1 aromatic carbocycles. The molecular formula is C10H14BrFN2O2S. The Morgan fingerprint density at radius 2 is 2.06 bits per heavy atom. The van der Waals surface area contributed by atoms with Crippen molar-refractivity contribution in [3.63, 3.8) is 0 Å². The highest BCUT2D eigenvalue weighted by Crippen LogP contribution is 2.24. The van der Waals surface area contributed by atoms with E-state index >= 15 is 0 Å². The van der Waals surface area contributed by atoms with Gasteiger partial charge in [-0.1, -0.05) is 15.9 Å². The Balaban J connectivity index is 3.36. The van der Waals surface area contributed by atoms with Crippen LogP contribution in [0.25, 0.3) is 0 Å². The summed E-state index contributed by atoms with van der Waals surface area (Å²) < 4.78 is 40.4. The molecule has 0 atom stereocenters. The number of rotatable bonds is 4. The number of hydrogen-bond donors (Lipinski definition) is 2. The summed E-state index contributed by atoms with van der Waals surface area (Å²) in [5, 5.41) is 0. The summed E-state index contributed by atoms with van der Waals surface area (Å²) >= 11 is 3.13. The first kappa shape index (κ1) is 14.6. The highest BCUT2D eigenvalue weighted by atomic mass is 79.9. The monoisotopic (exact) mass is 324 g/mol. The van der Waals surface area contributed by atoms with Crippen molar-refractivity contribution < 1.29 is 12.8 Å². The molecule has 17 heavy (non-hydrogen) atoms. The molecule has 0 aromatic heterocycles. The van der Waals surface area contributed by atoms with E-state index in [9.17, 15) is 12.8 Å². The van der Waals surface area contributed by atoms with Crippen molar-refractivity contribution in [1.29, 1.82) is 0 Å². The predicted octanol–water partition coefficient (Wildman–Crippen LogP) is 1.73. The highest BCUT2D eigenvalue weighted by molar-refractivity contribution is 9.10. The molecule has 0 saturated heterocycles. The lowest BCUT2D eigenvalue weighted by atomic mass is 10.2. The van der Waals surface area contributed by atoms with Crippen LogP contribution in [0.15, 0.2) is 21.5 Å². The van der Waals surface area contributed by atoms with Crippen molar-refractivity contribution in [2.75, 3.05) is 0 Å². The van der Waals surface area contributed by atoms with E-state index in [2.05, 4.69) is 20.7 Å². The highest BCUT2D eigenvalue weighted by Gasteiger charge is 2.22. The second-order valence-electron chi connectivity index (χ2n) is 3.86. The minimum absolute atomic E-state index is 0.0600. The molecule has 0 aliphatic heterocycles. The zero-order chi connectivity index (χ0) is 13.2. The van der Waals surface area contributed by atoms with Crippen molar-refractivity contribution >= 4 is 26.0 Å². The molecule has 0 fully saturated rings. The van der Waals surface area contributed by atoms with Gasteiger partial charge in [-0.3, -0.25) is 0 Å². The summed E-state index contributed by atoms with van der Waals surface area (Å²) in [6.45, 7) is 3.27. The first-order valence-corrected chi connectivity index (χ1v) is 7.26. The van der Waals surface area contributed by atoms with Crippen molar-refractivity contribution in [3.05, 3.63) is 28.0 Å². The molecule has 96 valence electrons. The van der Waals surface area contributed by atoms with Crippen molar-refractivity contribution in [2.24, 2.45) is 5.73 Å². The van der Waals surface area contributed by atoms with Crippen LogP contribution in [-0.2, 0) is 16.6 Å². The Morgan fingerprint density at radius 1 is 1.47 bits per heavy atom. The van der Waals surface area contributed by atoms with Gasteiger partial charge in [0.15, 0.2) is 0 Å². The maximum atomic E-state index is 13.9. The lowest BCUT2D eigenvalue weighted by Gasteiger charge is -2.12. The molecule has 7 heteroatoms. The maximum Gasteiger partial charge on any atom is 0.243 e. The first-order valence-electron chi connectivity index (χ1n) is 4.98. The lowest BCUT2D eigenvalue weighted by Crippen LogP contribution is -2.31. The summed E-state index contributed by atoms with van der Waals surface area (Å²) in [6.07, 6.45) is 0. The van der Waals surface area contributed by atoms with Gasteiger partial charge in [0.05, 0.1) is 0 Å². The fraction of sp³-hybridized carbons (Fsp3) is 0.400. The molecule has 3 N–H and O–H groups in total. The van der Waals surface area contributed by atoms with Crippen LogP contribution in [0, 0.1) is 5.82 Å². The van der Waals surface area contributed by atoms with E-state index in [0.29, 0.717) is 4.47 Å². The molecule has 0 unspecified atom stereocenters. The summed E-state index contributed by atoms with van der Waals surface area (Å²) in [5.74, 6) is -0.802. The van der Waals surface area contributed by atoms with Crippen LogP contribution in [-0.4, -0.2) is 14.5 Å². The van der Waals surface area contributed by atoms with Crippen LogP contribution in [0.1, 0.15) is 19.4 Å². The van der Waals surface area contributed by atoms with Gasteiger partial charge in [0, 0.05) is 22.6 Å². The molecule has 0 aliphatic carbocycles. The van der Waals surface area contributed by atoms with Crippen molar-refractivity contribution in [2.45, 2.75) is 31.3 Å². The topological polar surface area (TPSA) is 72.2 Å². The van der Waals surface area contributed by atoms with Crippen LogP contribution in [0.4, 0.5) is 4.39 Å². The molecule has 0 bridgehead atoms. The predicted molar refractivity (Wildman–Crippen MR) is 67.4 cm³/mol. The Kier molecular flexibility index (Phi) is 4.65. The van der Waals surface area contributed by atoms with Gasteiger partial charge in [0.25, 0.3) is 0 Å². The van der Waals surface area contributed by atoms with E-state index in [1.807, 2.05) is 0 Å². The second kappa shape index (κ2) is 5.43. The van der Waals surface area contributed by atoms with Gasteiger partial charge < -0.3 is 5.73 Å². The van der Waals surface area contributed by atoms with Crippen LogP contribution in [0.5, 0.6) is 0 Å². The molecule has 4 nitrogen and oxygen atoms in total. The molecule has 1 rings (SSSR count). The summed E-state index contributed by atoms with van der Waals surface area (Å²) in [4.78, 5) is -0.388. The quantitative estimate of drug-likeness (QED) is 0.886. The average molecular weight is 325 g/mol. The third-order valence-electron chi connectivity index (χ3n) is 1.98. The summed E-state index contributed by atoms with van der Waals surface area (Å²) in [5.41, 5.74) is 5.51. The summed E-state index contributed by atoms with van der Waals surface area (Å²) in [6, 6.07) is 2.38. The Morgan fingerprint density at radius 3 is 2.53 bits per heavy atom. The number of benzene rings is 1. The third kappa shape index (κ3) is 3.48. The first-order chi connectivity index (χ1) is 7.77. The standard InChI is InChI=1S/C10H14BrFN2O2S/c1-6(2)14-17(15,16)9-4-8(11)3-7(5-13)10(9)12/h3-4,6,14H,5,13H2,1-2H3. The van der Waals surface area contributed by atoms with E-state index in [0.717, 1.165) is 0 Å². The van der Waals surface area contributed by atoms with Crippen LogP contribution in [0.3, 0.4) is 0 Å². The number of sulfonamides is 1. The molecular weight excluding hydrogens is 311 g/mol. The SMILES string of the molecule is CC(C)NS(=O)(=O)c1cc(Br)cc(CN)c1F. The van der Waals surface area contributed by atoms with E-state index in [-0.39, 0.29) is 23.0 Å². The zero-order valence-corrected chi connectivity index (χ0v) is 11.9. The average Bonchev–Trinajstić information content (AvgIpc) is 2.18. The minimum Gasteiger partial charge on any atom is -0.326 e. The minimum atomic E-state index is -3.86. The lowest BCUT2D eigenvalue weighted by molar-refractivity contribution is 0.543. The van der Waals surface area contributed by atoms with Gasteiger partial charge in [-0.15, -0.1) is 0 Å². The van der Waals surface area contributed by atoms with Crippen LogP contribution >= 0.6 is 15.9 Å². The molecule has 0 spiro atoms. The van der Waals surface area contributed by atoms with Gasteiger partial charge in [-0.2, -0.15) is 0 Å². The molecule has 1 aromatic rings. The molecule has 0 radical (unpaired) electrons. The fourth-order valence-corrected chi connectivity index (χ4v) is 3.39. The fourth-order valence-electron chi connectivity index (χ4n) is 1.34. The van der Waals surface area contributed by atoms with E-state index < -0.39 is 15.8 Å². The smallest absolute Gasteiger partial charge is 0.243 e. The van der Waals surface area contributed by atoms with E-state index in [1.165, 1.54) is 12.1 Å². The number of nitrogens with one attached hydrogen (secondary N) is 1. The Bertz CT molecular complexity index is 517. The number of halogens is 2. The van der Waals surface area contributed by atoms with Crippen molar-refractivity contribution in [3.8, 4) is 0 Å². The largest absolute Gasteiger partial charge is 0.326 e. The normalized spacial score (nSPS) is 12.1. The van der Waals surface area contributed by atoms with Crippen LogP contribution in [0.2, 0.25) is 0 Å². The Labute approximate surface area is 109 Å². The van der Waals surface area contributed by atoms with E-state index in [1.54, 1.807) is 13.8 Å². The Hall–Kier alpha value is -0.500. The molecule has 0 heterocycles. The van der Waals surface area contributed by atoms with Crippen LogP contribution < -0.4 is 10.5 Å². The maximum absolute atomic E-state index is 13.9. The molecule has 0 saturated carbocycles. The van der Waals surface area contributed by atoms with Gasteiger partial charge in [-0.25, -0.2) is 17.5 Å². The second-order valence-corrected chi connectivity index (χ2v) is 6.46. The zero-order valence-electron chi connectivity index (χ0n) is 9.50. The number of nitrogens with two attached hydrogens (primary N) is 1. The molecule has 0 amide bonds. The van der Waals surface area contributed by atoms with Gasteiger partial charge >= 0.3 is 0 Å². The van der Waals surface area contributed by atoms with Gasteiger partial charge in [0.2, 0.25) is 10.0 Å². The van der Waals surface area contributed by atoms with E-state index in [4.69, 9.17) is 5.73 Å². The molecule has 0 aliphatic rings. The third-order valence-corrected chi connectivity index (χ3v) is 4.10. The number of hydrogen-bond acceptors (Lipinski definition) is 3. The van der Waals surface area contributed by atoms with Gasteiger partial charge in [0.1, 0.15) is 10.7 Å².